The van der Waals surface area contributed by atoms with E-state index >= 15 is 0 Å². The average Bonchev–Trinajstić information content (AvgIpc) is 2.37. The summed E-state index contributed by atoms with van der Waals surface area (Å²) >= 11 is 10.2. The molecule has 0 aromatic heterocycles. The first kappa shape index (κ1) is 13.6. The Hall–Kier alpha value is 0.170. The number of thioether (sulfide) groups is 2. The molecule has 1 aromatic carbocycles. The third kappa shape index (κ3) is 3.82. The molecule has 17 heavy (non-hydrogen) atoms. The van der Waals surface area contributed by atoms with Crippen molar-refractivity contribution in [1.82, 2.24) is 5.32 Å². The minimum atomic E-state index is 0.427. The molecular weight excluding hydrogens is 270 g/mol. The molecule has 94 valence electrons. The van der Waals surface area contributed by atoms with E-state index in [-0.39, 0.29) is 0 Å². The van der Waals surface area contributed by atoms with Crippen molar-refractivity contribution in [2.24, 2.45) is 0 Å². The Balaban J connectivity index is 2.15. The monoisotopic (exact) mass is 287 g/mol. The van der Waals surface area contributed by atoms with Crippen LogP contribution in [0.2, 0.25) is 5.02 Å². The van der Waals surface area contributed by atoms with Gasteiger partial charge >= 0.3 is 0 Å². The quantitative estimate of drug-likeness (QED) is 0.904. The van der Waals surface area contributed by atoms with E-state index in [9.17, 15) is 0 Å². The largest absolute Gasteiger partial charge is 0.309 e. The Morgan fingerprint density at radius 1 is 1.47 bits per heavy atom. The summed E-state index contributed by atoms with van der Waals surface area (Å²) in [5, 5.41) is 5.09. The second-order valence-corrected chi connectivity index (χ2v) is 7.01. The fourth-order valence-corrected chi connectivity index (χ4v) is 5.15. The maximum atomic E-state index is 6.09. The highest BCUT2D eigenvalue weighted by Crippen LogP contribution is 2.34. The summed E-state index contributed by atoms with van der Waals surface area (Å²) in [6.07, 6.45) is 0. The van der Waals surface area contributed by atoms with E-state index in [0.717, 1.165) is 11.6 Å². The molecule has 1 aromatic rings. The maximum Gasteiger partial charge on any atom is 0.0449 e. The zero-order chi connectivity index (χ0) is 12.1. The van der Waals surface area contributed by atoms with Gasteiger partial charge in [0, 0.05) is 33.6 Å². The number of hydrogen-bond acceptors (Lipinski definition) is 3. The van der Waals surface area contributed by atoms with Gasteiger partial charge in [-0.1, -0.05) is 30.7 Å². The highest BCUT2D eigenvalue weighted by Gasteiger charge is 2.25. The third-order valence-electron chi connectivity index (χ3n) is 2.85. The fourth-order valence-electron chi connectivity index (χ4n) is 2.08. The molecule has 1 N–H and O–H groups in total. The molecule has 2 atom stereocenters. The summed E-state index contributed by atoms with van der Waals surface area (Å²) in [7, 11) is 0. The van der Waals surface area contributed by atoms with Crippen LogP contribution in [0.5, 0.6) is 0 Å². The van der Waals surface area contributed by atoms with Crippen molar-refractivity contribution in [2.75, 3.05) is 23.8 Å². The van der Waals surface area contributed by atoms with E-state index in [1.54, 1.807) is 0 Å². The molecule has 1 saturated heterocycles. The van der Waals surface area contributed by atoms with Gasteiger partial charge in [-0.15, -0.1) is 0 Å². The van der Waals surface area contributed by atoms with Crippen LogP contribution < -0.4 is 5.32 Å². The molecule has 2 rings (SSSR count). The molecule has 4 heteroatoms. The zero-order valence-corrected chi connectivity index (χ0v) is 12.4. The van der Waals surface area contributed by atoms with Gasteiger partial charge in [-0.05, 0) is 24.2 Å². The van der Waals surface area contributed by atoms with Crippen LogP contribution in [0.25, 0.3) is 0 Å². The van der Waals surface area contributed by atoms with Crippen molar-refractivity contribution in [1.29, 1.82) is 0 Å². The molecule has 1 aliphatic rings. The van der Waals surface area contributed by atoms with Gasteiger partial charge in [0.2, 0.25) is 0 Å². The van der Waals surface area contributed by atoms with Crippen molar-refractivity contribution in [2.45, 2.75) is 18.2 Å². The number of nitrogens with one attached hydrogen (secondary N) is 1. The van der Waals surface area contributed by atoms with E-state index in [1.807, 2.05) is 12.1 Å². The van der Waals surface area contributed by atoms with Crippen molar-refractivity contribution in [3.05, 3.63) is 34.9 Å². The van der Waals surface area contributed by atoms with Gasteiger partial charge in [-0.3, -0.25) is 0 Å². The summed E-state index contributed by atoms with van der Waals surface area (Å²) in [5.41, 5.74) is 1.32. The van der Waals surface area contributed by atoms with Gasteiger partial charge in [0.25, 0.3) is 0 Å². The first-order chi connectivity index (χ1) is 8.31. The van der Waals surface area contributed by atoms with E-state index in [4.69, 9.17) is 11.6 Å². The summed E-state index contributed by atoms with van der Waals surface area (Å²) in [6, 6.07) is 8.68. The highest BCUT2D eigenvalue weighted by molar-refractivity contribution is 8.06. The van der Waals surface area contributed by atoms with Crippen molar-refractivity contribution in [3.8, 4) is 0 Å². The van der Waals surface area contributed by atoms with Crippen LogP contribution in [0.4, 0.5) is 0 Å². The molecule has 0 spiro atoms. The molecule has 0 amide bonds. The summed E-state index contributed by atoms with van der Waals surface area (Å²) in [5.74, 6) is 3.78. The standard InChI is InChI=1S/C13H18ClNS2/c1-2-15-13(12-9-16-6-7-17-12)10-4-3-5-11(14)8-10/h3-5,8,12-13,15H,2,6-7,9H2,1H3. The van der Waals surface area contributed by atoms with Crippen molar-refractivity contribution < 1.29 is 0 Å². The SMILES string of the molecule is CCNC(c1cccc(Cl)c1)C1CSCCS1. The van der Waals surface area contributed by atoms with Crippen molar-refractivity contribution in [3.63, 3.8) is 0 Å². The Labute approximate surface area is 117 Å². The normalized spacial score (nSPS) is 22.4. The second-order valence-electron chi connectivity index (χ2n) is 4.07. The molecule has 0 saturated carbocycles. The highest BCUT2D eigenvalue weighted by atomic mass is 35.5. The smallest absolute Gasteiger partial charge is 0.0449 e. The lowest BCUT2D eigenvalue weighted by Gasteiger charge is -2.30. The lowest BCUT2D eigenvalue weighted by atomic mass is 10.0. The predicted molar refractivity (Wildman–Crippen MR) is 81.4 cm³/mol. The summed E-state index contributed by atoms with van der Waals surface area (Å²) in [6.45, 7) is 3.16. The Kier molecular flexibility index (Phi) is 5.54. The van der Waals surface area contributed by atoms with Crippen LogP contribution in [0, 0.1) is 0 Å². The van der Waals surface area contributed by atoms with Crippen LogP contribution in [0.1, 0.15) is 18.5 Å². The van der Waals surface area contributed by atoms with Crippen LogP contribution in [-0.2, 0) is 0 Å². The topological polar surface area (TPSA) is 12.0 Å². The Morgan fingerprint density at radius 3 is 3.00 bits per heavy atom. The van der Waals surface area contributed by atoms with Crippen LogP contribution in [-0.4, -0.2) is 29.1 Å². The number of rotatable bonds is 4. The molecular formula is C13H18ClNS2. The third-order valence-corrected chi connectivity index (χ3v) is 5.94. The molecule has 1 fully saturated rings. The maximum absolute atomic E-state index is 6.09. The molecule has 1 nitrogen and oxygen atoms in total. The minimum absolute atomic E-state index is 0.427. The lowest BCUT2D eigenvalue weighted by molar-refractivity contribution is 0.550. The molecule has 1 heterocycles. The van der Waals surface area contributed by atoms with E-state index in [2.05, 4.69) is 47.9 Å². The predicted octanol–water partition coefficient (Wildman–Crippen LogP) is 3.84. The molecule has 0 radical (unpaired) electrons. The molecule has 0 aliphatic carbocycles. The Bertz CT molecular complexity index is 353. The second kappa shape index (κ2) is 6.93. The zero-order valence-electron chi connectivity index (χ0n) is 9.99. The van der Waals surface area contributed by atoms with Gasteiger partial charge in [0.1, 0.15) is 0 Å². The number of hydrogen-bond donors (Lipinski definition) is 1. The average molecular weight is 288 g/mol. The van der Waals surface area contributed by atoms with E-state index in [0.29, 0.717) is 11.3 Å². The van der Waals surface area contributed by atoms with E-state index < -0.39 is 0 Å². The van der Waals surface area contributed by atoms with Gasteiger partial charge in [0.05, 0.1) is 0 Å². The Morgan fingerprint density at radius 2 is 2.35 bits per heavy atom. The lowest BCUT2D eigenvalue weighted by Crippen LogP contribution is -2.33. The molecule has 2 unspecified atom stereocenters. The molecule has 1 aliphatic heterocycles. The summed E-state index contributed by atoms with van der Waals surface area (Å²) in [4.78, 5) is 0. The minimum Gasteiger partial charge on any atom is -0.309 e. The van der Waals surface area contributed by atoms with Crippen LogP contribution in [0.3, 0.4) is 0 Å². The van der Waals surface area contributed by atoms with Crippen LogP contribution >= 0.6 is 35.1 Å². The van der Waals surface area contributed by atoms with Crippen LogP contribution in [0.15, 0.2) is 24.3 Å². The van der Waals surface area contributed by atoms with Gasteiger partial charge in [-0.25, -0.2) is 0 Å². The van der Waals surface area contributed by atoms with E-state index in [1.165, 1.54) is 22.8 Å². The first-order valence-electron chi connectivity index (χ1n) is 5.99. The van der Waals surface area contributed by atoms with Crippen molar-refractivity contribution >= 4 is 35.1 Å². The van der Waals surface area contributed by atoms with Gasteiger partial charge in [-0.2, -0.15) is 23.5 Å². The number of benzene rings is 1. The van der Waals surface area contributed by atoms with Gasteiger partial charge < -0.3 is 5.32 Å². The molecule has 0 bridgehead atoms. The fraction of sp³-hybridized carbons (Fsp3) is 0.538. The summed E-state index contributed by atoms with van der Waals surface area (Å²) < 4.78 is 0. The first-order valence-corrected chi connectivity index (χ1v) is 8.57. The number of halogens is 1. The van der Waals surface area contributed by atoms with Gasteiger partial charge in [0.15, 0.2) is 0 Å².